The standard InChI is InChI=1S/C10H7Cl2NO3/c11-6-1-5(2-7(12)3-6)8-4-9(10(14)15)16-13-8/h1-3,9H,4H2,(H,14,15). The van der Waals surface area contributed by atoms with Crippen LogP contribution in [-0.2, 0) is 9.63 Å². The van der Waals surface area contributed by atoms with Gasteiger partial charge in [0.2, 0.25) is 6.10 Å². The number of nitrogens with zero attached hydrogens (tertiary/aromatic N) is 1. The van der Waals surface area contributed by atoms with Crippen LogP contribution in [0.3, 0.4) is 0 Å². The molecular weight excluding hydrogens is 253 g/mol. The minimum absolute atomic E-state index is 0.214. The largest absolute Gasteiger partial charge is 0.478 e. The first kappa shape index (κ1) is 11.2. The van der Waals surface area contributed by atoms with E-state index in [1.54, 1.807) is 18.2 Å². The van der Waals surface area contributed by atoms with Crippen molar-refractivity contribution in [2.24, 2.45) is 5.16 Å². The van der Waals surface area contributed by atoms with E-state index in [1.165, 1.54) is 0 Å². The summed E-state index contributed by atoms with van der Waals surface area (Å²) in [4.78, 5) is 15.4. The molecule has 1 aliphatic rings. The Balaban J connectivity index is 2.23. The number of carbonyl (C=O) groups is 1. The summed E-state index contributed by atoms with van der Waals surface area (Å²) in [5, 5.41) is 13.4. The fourth-order valence-electron chi connectivity index (χ4n) is 1.40. The molecule has 0 spiro atoms. The van der Waals surface area contributed by atoms with Gasteiger partial charge in [-0.15, -0.1) is 0 Å². The quantitative estimate of drug-likeness (QED) is 0.888. The van der Waals surface area contributed by atoms with Crippen LogP contribution in [0.25, 0.3) is 0 Å². The zero-order valence-corrected chi connectivity index (χ0v) is 9.50. The fourth-order valence-corrected chi connectivity index (χ4v) is 1.93. The molecule has 1 N–H and O–H groups in total. The first-order valence-corrected chi connectivity index (χ1v) is 5.24. The van der Waals surface area contributed by atoms with Gasteiger partial charge in [-0.25, -0.2) is 4.79 Å². The average molecular weight is 260 g/mol. The van der Waals surface area contributed by atoms with E-state index in [0.717, 1.165) is 0 Å². The molecule has 0 saturated heterocycles. The van der Waals surface area contributed by atoms with Crippen LogP contribution >= 0.6 is 23.2 Å². The zero-order valence-electron chi connectivity index (χ0n) is 7.98. The first-order valence-electron chi connectivity index (χ1n) is 4.48. The van der Waals surface area contributed by atoms with Crippen molar-refractivity contribution in [1.29, 1.82) is 0 Å². The molecule has 1 aromatic carbocycles. The third-order valence-electron chi connectivity index (χ3n) is 2.14. The first-order chi connectivity index (χ1) is 7.56. The lowest BCUT2D eigenvalue weighted by molar-refractivity contribution is -0.148. The molecule has 6 heteroatoms. The number of benzene rings is 1. The van der Waals surface area contributed by atoms with Gasteiger partial charge in [-0.2, -0.15) is 0 Å². The highest BCUT2D eigenvalue weighted by molar-refractivity contribution is 6.35. The molecular formula is C10H7Cl2NO3. The molecule has 1 aliphatic heterocycles. The smallest absolute Gasteiger partial charge is 0.348 e. The van der Waals surface area contributed by atoms with Gasteiger partial charge in [-0.3, -0.25) is 0 Å². The topological polar surface area (TPSA) is 58.9 Å². The Kier molecular flexibility index (Phi) is 3.03. The number of aliphatic carboxylic acids is 1. The molecule has 0 bridgehead atoms. The summed E-state index contributed by atoms with van der Waals surface area (Å²) in [6.07, 6.45) is -0.709. The van der Waals surface area contributed by atoms with Crippen molar-refractivity contribution in [3.8, 4) is 0 Å². The van der Waals surface area contributed by atoms with E-state index < -0.39 is 12.1 Å². The number of rotatable bonds is 2. The second-order valence-corrected chi connectivity index (χ2v) is 4.21. The summed E-state index contributed by atoms with van der Waals surface area (Å²) in [5.41, 5.74) is 1.22. The van der Waals surface area contributed by atoms with Crippen LogP contribution in [-0.4, -0.2) is 22.9 Å². The molecule has 16 heavy (non-hydrogen) atoms. The predicted molar refractivity (Wildman–Crippen MR) is 60.1 cm³/mol. The van der Waals surface area contributed by atoms with Gasteiger partial charge >= 0.3 is 5.97 Å². The fraction of sp³-hybridized carbons (Fsp3) is 0.200. The van der Waals surface area contributed by atoms with E-state index >= 15 is 0 Å². The number of hydrogen-bond donors (Lipinski definition) is 1. The summed E-state index contributed by atoms with van der Waals surface area (Å²) in [7, 11) is 0. The van der Waals surface area contributed by atoms with Gasteiger partial charge < -0.3 is 9.94 Å². The van der Waals surface area contributed by atoms with Gasteiger partial charge in [0.1, 0.15) is 0 Å². The van der Waals surface area contributed by atoms with Crippen molar-refractivity contribution in [3.05, 3.63) is 33.8 Å². The molecule has 0 aromatic heterocycles. The van der Waals surface area contributed by atoms with Crippen LogP contribution in [0.2, 0.25) is 10.0 Å². The number of oxime groups is 1. The summed E-state index contributed by atoms with van der Waals surface area (Å²) < 4.78 is 0. The van der Waals surface area contributed by atoms with Crippen LogP contribution in [0.1, 0.15) is 12.0 Å². The van der Waals surface area contributed by atoms with E-state index in [9.17, 15) is 4.79 Å². The van der Waals surface area contributed by atoms with Crippen LogP contribution in [0, 0.1) is 0 Å². The number of halogens is 2. The van der Waals surface area contributed by atoms with E-state index in [0.29, 0.717) is 21.3 Å². The maximum atomic E-state index is 10.7. The predicted octanol–water partition coefficient (Wildman–Crippen LogP) is 2.57. The molecule has 0 radical (unpaired) electrons. The lowest BCUT2D eigenvalue weighted by Gasteiger charge is -2.01. The van der Waals surface area contributed by atoms with Crippen LogP contribution in [0.4, 0.5) is 0 Å². The maximum Gasteiger partial charge on any atom is 0.348 e. The summed E-state index contributed by atoms with van der Waals surface area (Å²) in [6, 6.07) is 4.93. The second kappa shape index (κ2) is 4.31. The number of carboxylic acids is 1. The third-order valence-corrected chi connectivity index (χ3v) is 2.58. The highest BCUT2D eigenvalue weighted by Gasteiger charge is 2.28. The van der Waals surface area contributed by atoms with E-state index in [4.69, 9.17) is 33.1 Å². The number of hydrogen-bond acceptors (Lipinski definition) is 3. The molecule has 0 saturated carbocycles. The van der Waals surface area contributed by atoms with E-state index in [-0.39, 0.29) is 6.42 Å². The van der Waals surface area contributed by atoms with Crippen molar-refractivity contribution >= 4 is 34.9 Å². The zero-order chi connectivity index (χ0) is 11.7. The molecule has 1 heterocycles. The highest BCUT2D eigenvalue weighted by Crippen LogP contribution is 2.23. The van der Waals surface area contributed by atoms with Crippen LogP contribution < -0.4 is 0 Å². The lowest BCUT2D eigenvalue weighted by atomic mass is 10.1. The molecule has 0 aliphatic carbocycles. The maximum absolute atomic E-state index is 10.7. The van der Waals surface area contributed by atoms with Crippen LogP contribution in [0.15, 0.2) is 23.4 Å². The van der Waals surface area contributed by atoms with Gasteiger partial charge in [0.05, 0.1) is 5.71 Å². The van der Waals surface area contributed by atoms with Crippen molar-refractivity contribution in [2.45, 2.75) is 12.5 Å². The molecule has 0 fully saturated rings. The summed E-state index contributed by atoms with van der Waals surface area (Å²) in [5.74, 6) is -1.04. The van der Waals surface area contributed by atoms with Gasteiger partial charge in [0.15, 0.2) is 0 Å². The van der Waals surface area contributed by atoms with E-state index in [2.05, 4.69) is 5.16 Å². The van der Waals surface area contributed by atoms with Crippen molar-refractivity contribution in [3.63, 3.8) is 0 Å². The molecule has 1 atom stereocenters. The lowest BCUT2D eigenvalue weighted by Crippen LogP contribution is -2.19. The third kappa shape index (κ3) is 2.28. The molecule has 1 aromatic rings. The molecule has 2 rings (SSSR count). The minimum Gasteiger partial charge on any atom is -0.478 e. The molecule has 1 unspecified atom stereocenters. The second-order valence-electron chi connectivity index (χ2n) is 3.33. The molecule has 84 valence electrons. The van der Waals surface area contributed by atoms with Crippen molar-refractivity contribution in [2.75, 3.05) is 0 Å². The highest BCUT2D eigenvalue weighted by atomic mass is 35.5. The molecule has 4 nitrogen and oxygen atoms in total. The van der Waals surface area contributed by atoms with E-state index in [1.807, 2.05) is 0 Å². The van der Waals surface area contributed by atoms with Gasteiger partial charge in [0.25, 0.3) is 0 Å². The monoisotopic (exact) mass is 259 g/mol. The Hall–Kier alpha value is -1.26. The van der Waals surface area contributed by atoms with Gasteiger partial charge in [0, 0.05) is 22.0 Å². The van der Waals surface area contributed by atoms with Gasteiger partial charge in [-0.1, -0.05) is 28.4 Å². The summed E-state index contributed by atoms with van der Waals surface area (Å²) in [6.45, 7) is 0. The van der Waals surface area contributed by atoms with Crippen molar-refractivity contribution < 1.29 is 14.7 Å². The van der Waals surface area contributed by atoms with Crippen LogP contribution in [0.5, 0.6) is 0 Å². The van der Waals surface area contributed by atoms with Gasteiger partial charge in [-0.05, 0) is 18.2 Å². The van der Waals surface area contributed by atoms with Crippen molar-refractivity contribution in [1.82, 2.24) is 0 Å². The Morgan fingerprint density at radius 2 is 2.00 bits per heavy atom. The Labute approximate surface area is 101 Å². The minimum atomic E-state index is -1.04. The molecule has 0 amide bonds. The summed E-state index contributed by atoms with van der Waals surface area (Å²) >= 11 is 11.7. The number of carboxylic acid groups (broad SMARTS) is 1. The Bertz CT molecular complexity index is 453. The Morgan fingerprint density at radius 1 is 1.38 bits per heavy atom. The average Bonchev–Trinajstić information content (AvgIpc) is 2.64. The SMILES string of the molecule is O=C(O)C1CC(c2cc(Cl)cc(Cl)c2)=NO1. The Morgan fingerprint density at radius 3 is 2.50 bits per heavy atom. The normalized spacial score (nSPS) is 19.1.